The van der Waals surface area contributed by atoms with Crippen LogP contribution in [0.2, 0.25) is 0 Å². The van der Waals surface area contributed by atoms with Gasteiger partial charge in [-0.05, 0) is 23.8 Å². The van der Waals surface area contributed by atoms with Crippen LogP contribution in [-0.4, -0.2) is 25.4 Å². The van der Waals surface area contributed by atoms with E-state index in [1.165, 1.54) is 27.7 Å². The van der Waals surface area contributed by atoms with Crippen LogP contribution in [0.3, 0.4) is 0 Å². The maximum atomic E-state index is 5.55. The highest BCUT2D eigenvalue weighted by atomic mass is 16.7. The average molecular weight is 337 g/mol. The summed E-state index contributed by atoms with van der Waals surface area (Å²) in [7, 11) is 1.67. The van der Waals surface area contributed by atoms with Crippen LogP contribution >= 0.6 is 0 Å². The zero-order valence-corrected chi connectivity index (χ0v) is 14.2. The molecule has 0 radical (unpaired) electrons. The second-order valence-corrected chi connectivity index (χ2v) is 6.76. The van der Waals surface area contributed by atoms with Crippen LogP contribution in [0.1, 0.15) is 16.8 Å². The van der Waals surface area contributed by atoms with E-state index in [1.807, 2.05) is 0 Å². The van der Waals surface area contributed by atoms with Gasteiger partial charge in [-0.25, -0.2) is 0 Å². The molecule has 0 amide bonds. The lowest BCUT2D eigenvalue weighted by Crippen LogP contribution is -3.10. The molecule has 1 aromatic heterocycles. The standard InChI is InChI=1S/C20H20N2O3/c1-23-18-8-13(9-19-20(18)25-12-24-19)10-22-7-6-15-14-4-2-3-5-16(14)21-17(15)11-22/h2-5,8-9,21H,6-7,10-12H2,1H3/p+1. The van der Waals surface area contributed by atoms with Gasteiger partial charge in [-0.3, -0.25) is 0 Å². The smallest absolute Gasteiger partial charge is 0.231 e. The fourth-order valence-corrected chi connectivity index (χ4v) is 4.06. The summed E-state index contributed by atoms with van der Waals surface area (Å²) >= 11 is 0. The number of methoxy groups -OCH3 is 1. The number of hydrogen-bond donors (Lipinski definition) is 2. The van der Waals surface area contributed by atoms with Gasteiger partial charge in [0.05, 0.1) is 19.3 Å². The molecule has 0 spiro atoms. The van der Waals surface area contributed by atoms with Gasteiger partial charge in [0.15, 0.2) is 11.5 Å². The molecule has 1 unspecified atom stereocenters. The van der Waals surface area contributed by atoms with Gasteiger partial charge < -0.3 is 24.1 Å². The Bertz CT molecular complexity index is 948. The number of H-pyrrole nitrogens is 1. The van der Waals surface area contributed by atoms with Crippen molar-refractivity contribution in [2.45, 2.75) is 19.5 Å². The summed E-state index contributed by atoms with van der Waals surface area (Å²) in [6.07, 6.45) is 1.11. The molecule has 0 bridgehead atoms. The molecule has 2 N–H and O–H groups in total. The minimum atomic E-state index is 0.268. The van der Waals surface area contributed by atoms with Crippen LogP contribution in [0.25, 0.3) is 10.9 Å². The minimum Gasteiger partial charge on any atom is -0.493 e. The second kappa shape index (κ2) is 5.70. The first-order valence-electron chi connectivity index (χ1n) is 8.70. The average Bonchev–Trinajstić information content (AvgIpc) is 3.24. The van der Waals surface area contributed by atoms with Gasteiger partial charge >= 0.3 is 0 Å². The van der Waals surface area contributed by atoms with E-state index in [2.05, 4.69) is 41.4 Å². The SMILES string of the molecule is COc1cc(C[NH+]2CCc3c([nH]c4ccccc34)C2)cc2c1OCO2. The Kier molecular flexibility index (Phi) is 3.35. The van der Waals surface area contributed by atoms with Crippen molar-refractivity contribution in [3.8, 4) is 17.2 Å². The maximum Gasteiger partial charge on any atom is 0.231 e. The van der Waals surface area contributed by atoms with Crippen molar-refractivity contribution >= 4 is 10.9 Å². The highest BCUT2D eigenvalue weighted by Gasteiger charge is 2.25. The molecule has 5 heteroatoms. The third-order valence-electron chi connectivity index (χ3n) is 5.23. The normalized spacial score (nSPS) is 18.4. The fraction of sp³-hybridized carbons (Fsp3) is 0.300. The molecular weight excluding hydrogens is 316 g/mol. The number of rotatable bonds is 3. The Morgan fingerprint density at radius 3 is 3.04 bits per heavy atom. The molecule has 2 aliphatic heterocycles. The van der Waals surface area contributed by atoms with E-state index >= 15 is 0 Å². The number of fused-ring (bicyclic) bond motifs is 4. The quantitative estimate of drug-likeness (QED) is 0.769. The second-order valence-electron chi connectivity index (χ2n) is 6.76. The Hall–Kier alpha value is -2.66. The van der Waals surface area contributed by atoms with Crippen molar-refractivity contribution < 1.29 is 19.1 Å². The van der Waals surface area contributed by atoms with E-state index in [1.54, 1.807) is 12.0 Å². The highest BCUT2D eigenvalue weighted by molar-refractivity contribution is 5.84. The molecule has 3 heterocycles. The van der Waals surface area contributed by atoms with Crippen molar-refractivity contribution in [3.05, 3.63) is 53.2 Å². The van der Waals surface area contributed by atoms with E-state index in [9.17, 15) is 0 Å². The first-order valence-corrected chi connectivity index (χ1v) is 8.70. The monoisotopic (exact) mass is 337 g/mol. The van der Waals surface area contributed by atoms with Crippen LogP contribution in [0.5, 0.6) is 17.2 Å². The topological polar surface area (TPSA) is 47.9 Å². The fourth-order valence-electron chi connectivity index (χ4n) is 4.06. The van der Waals surface area contributed by atoms with E-state index in [-0.39, 0.29) is 6.79 Å². The number of benzene rings is 2. The van der Waals surface area contributed by atoms with Crippen LogP contribution in [0.4, 0.5) is 0 Å². The summed E-state index contributed by atoms with van der Waals surface area (Å²) in [6, 6.07) is 12.7. The molecule has 5 nitrogen and oxygen atoms in total. The molecule has 2 aliphatic rings. The number of aromatic amines is 1. The third kappa shape index (κ3) is 2.43. The lowest BCUT2D eigenvalue weighted by Gasteiger charge is -2.24. The van der Waals surface area contributed by atoms with Gasteiger partial charge in [-0.15, -0.1) is 0 Å². The lowest BCUT2D eigenvalue weighted by molar-refractivity contribution is -0.929. The van der Waals surface area contributed by atoms with Crippen LogP contribution in [-0.2, 0) is 19.5 Å². The predicted octanol–water partition coefficient (Wildman–Crippen LogP) is 2.05. The summed E-state index contributed by atoms with van der Waals surface area (Å²) in [6.45, 7) is 3.36. The summed E-state index contributed by atoms with van der Waals surface area (Å²) in [4.78, 5) is 5.15. The number of ether oxygens (including phenoxy) is 3. The van der Waals surface area contributed by atoms with Gasteiger partial charge in [-0.2, -0.15) is 0 Å². The van der Waals surface area contributed by atoms with E-state index in [0.29, 0.717) is 0 Å². The molecule has 25 heavy (non-hydrogen) atoms. The summed E-state index contributed by atoms with van der Waals surface area (Å²) in [5, 5.41) is 1.38. The molecular formula is C20H21N2O3+. The van der Waals surface area contributed by atoms with Crippen molar-refractivity contribution in [3.63, 3.8) is 0 Å². The molecule has 1 atom stereocenters. The molecule has 128 valence electrons. The molecule has 0 aliphatic carbocycles. The van der Waals surface area contributed by atoms with Crippen LogP contribution in [0.15, 0.2) is 36.4 Å². The van der Waals surface area contributed by atoms with Crippen LogP contribution in [0, 0.1) is 0 Å². The third-order valence-corrected chi connectivity index (χ3v) is 5.23. The van der Waals surface area contributed by atoms with Gasteiger partial charge in [0, 0.05) is 22.9 Å². The van der Waals surface area contributed by atoms with E-state index < -0.39 is 0 Å². The molecule has 0 fully saturated rings. The van der Waals surface area contributed by atoms with Crippen molar-refractivity contribution in [1.29, 1.82) is 0 Å². The Balaban J connectivity index is 1.41. The van der Waals surface area contributed by atoms with Gasteiger partial charge in [-0.1, -0.05) is 18.2 Å². The largest absolute Gasteiger partial charge is 0.493 e. The lowest BCUT2D eigenvalue weighted by atomic mass is 10.0. The number of para-hydroxylation sites is 1. The van der Waals surface area contributed by atoms with Crippen molar-refractivity contribution in [2.24, 2.45) is 0 Å². The van der Waals surface area contributed by atoms with Crippen molar-refractivity contribution in [2.75, 3.05) is 20.4 Å². The van der Waals surface area contributed by atoms with Gasteiger partial charge in [0.1, 0.15) is 13.1 Å². The number of hydrogen-bond acceptors (Lipinski definition) is 3. The number of aromatic nitrogens is 1. The first kappa shape index (κ1) is 14.7. The minimum absolute atomic E-state index is 0.268. The molecule has 3 aromatic rings. The summed E-state index contributed by atoms with van der Waals surface area (Å²) in [5.41, 5.74) is 5.33. The molecule has 2 aromatic carbocycles. The van der Waals surface area contributed by atoms with Gasteiger partial charge in [0.2, 0.25) is 12.5 Å². The molecule has 5 rings (SSSR count). The Morgan fingerprint density at radius 2 is 2.12 bits per heavy atom. The summed E-state index contributed by atoms with van der Waals surface area (Å²) in [5.74, 6) is 2.27. The zero-order valence-electron chi connectivity index (χ0n) is 14.2. The first-order chi connectivity index (χ1) is 12.3. The molecule has 0 saturated carbocycles. The van der Waals surface area contributed by atoms with E-state index in [0.717, 1.165) is 43.3 Å². The maximum absolute atomic E-state index is 5.55. The van der Waals surface area contributed by atoms with Crippen molar-refractivity contribution in [1.82, 2.24) is 4.98 Å². The zero-order chi connectivity index (χ0) is 16.8. The van der Waals surface area contributed by atoms with E-state index in [4.69, 9.17) is 14.2 Å². The predicted molar refractivity (Wildman–Crippen MR) is 94.4 cm³/mol. The number of quaternary nitrogens is 1. The Morgan fingerprint density at radius 1 is 1.20 bits per heavy atom. The van der Waals surface area contributed by atoms with Crippen LogP contribution < -0.4 is 19.1 Å². The number of nitrogens with one attached hydrogen (secondary N) is 2. The summed E-state index contributed by atoms with van der Waals surface area (Å²) < 4.78 is 16.5. The van der Waals surface area contributed by atoms with Gasteiger partial charge in [0.25, 0.3) is 0 Å². The molecule has 0 saturated heterocycles. The Labute approximate surface area is 146 Å². The highest BCUT2D eigenvalue weighted by Crippen LogP contribution is 2.41.